The van der Waals surface area contributed by atoms with Gasteiger partial charge in [-0.2, -0.15) is 0 Å². The van der Waals surface area contributed by atoms with Gasteiger partial charge < -0.3 is 19.9 Å². The second-order valence-electron chi connectivity index (χ2n) is 8.89. The minimum absolute atomic E-state index is 0.0178. The smallest absolute Gasteiger partial charge is 0.408 e. The molecular formula is C22H33NO5Si. The van der Waals surface area contributed by atoms with Crippen molar-refractivity contribution < 1.29 is 24.2 Å². The van der Waals surface area contributed by atoms with Crippen LogP contribution in [0.5, 0.6) is 0 Å². The Kier molecular flexibility index (Phi) is 8.93. The molecule has 2 N–H and O–H groups in total. The van der Waals surface area contributed by atoms with Crippen LogP contribution >= 0.6 is 0 Å². The molecule has 1 amide bonds. The Hall–Kier alpha value is -2.30. The van der Waals surface area contributed by atoms with Gasteiger partial charge in [-0.25, -0.2) is 9.59 Å². The fourth-order valence-corrected chi connectivity index (χ4v) is 2.82. The van der Waals surface area contributed by atoms with E-state index >= 15 is 0 Å². The highest BCUT2D eigenvalue weighted by atomic mass is 28.3. The molecule has 1 rings (SSSR count). The lowest BCUT2D eigenvalue weighted by molar-refractivity contribution is -0.151. The van der Waals surface area contributed by atoms with Crippen LogP contribution in [0, 0.1) is 11.5 Å². The topological polar surface area (TPSA) is 84.9 Å². The molecule has 0 bridgehead atoms. The summed E-state index contributed by atoms with van der Waals surface area (Å²) in [4.78, 5) is 23.5. The van der Waals surface area contributed by atoms with E-state index in [2.05, 4.69) is 36.4 Å². The van der Waals surface area contributed by atoms with Gasteiger partial charge in [0.1, 0.15) is 13.7 Å². The third-order valence-electron chi connectivity index (χ3n) is 3.70. The van der Waals surface area contributed by atoms with Crippen LogP contribution in [0.3, 0.4) is 0 Å². The summed E-state index contributed by atoms with van der Waals surface area (Å²) in [5.74, 6) is 2.16. The summed E-state index contributed by atoms with van der Waals surface area (Å²) in [7, 11) is -1.47. The largest absolute Gasteiger partial charge is 0.479 e. The quantitative estimate of drug-likeness (QED) is 0.507. The Bertz CT molecular complexity index is 751. The van der Waals surface area contributed by atoms with Crippen molar-refractivity contribution in [2.75, 3.05) is 6.61 Å². The molecule has 7 heteroatoms. The maximum absolute atomic E-state index is 12.2. The van der Waals surface area contributed by atoms with Gasteiger partial charge in [-0.05, 0) is 44.9 Å². The number of hydrogen-bond acceptors (Lipinski definition) is 4. The predicted molar refractivity (Wildman–Crippen MR) is 116 cm³/mol. The number of ether oxygens (including phenoxy) is 2. The second-order valence-corrected chi connectivity index (χ2v) is 13.6. The predicted octanol–water partition coefficient (Wildman–Crippen LogP) is 4.36. The molecule has 29 heavy (non-hydrogen) atoms. The molecule has 1 aromatic rings. The summed E-state index contributed by atoms with van der Waals surface area (Å²) >= 11 is 0. The molecule has 0 unspecified atom stereocenters. The molecule has 0 spiro atoms. The molecule has 0 aliphatic heterocycles. The Balaban J connectivity index is 3.01. The first-order chi connectivity index (χ1) is 13.3. The molecule has 0 saturated carbocycles. The van der Waals surface area contributed by atoms with Gasteiger partial charge >= 0.3 is 12.1 Å². The molecule has 2 atom stereocenters. The molecule has 0 saturated heterocycles. The number of carboxylic acids is 1. The van der Waals surface area contributed by atoms with Gasteiger partial charge in [-0.15, -0.1) is 5.54 Å². The van der Waals surface area contributed by atoms with Crippen molar-refractivity contribution in [1.82, 2.24) is 5.32 Å². The summed E-state index contributed by atoms with van der Waals surface area (Å²) in [5.41, 5.74) is 4.35. The van der Waals surface area contributed by atoms with Crippen LogP contribution in [0.4, 0.5) is 4.79 Å². The van der Waals surface area contributed by atoms with Gasteiger partial charge in [0.15, 0.2) is 6.10 Å². The molecule has 0 aromatic heterocycles. The van der Waals surface area contributed by atoms with Gasteiger partial charge in [-0.3, -0.25) is 0 Å². The summed E-state index contributed by atoms with van der Waals surface area (Å²) in [6, 6.07) is 6.96. The van der Waals surface area contributed by atoms with Gasteiger partial charge in [-0.1, -0.05) is 44.6 Å². The molecule has 0 heterocycles. The third kappa shape index (κ3) is 10.2. The zero-order chi connectivity index (χ0) is 22.2. The van der Waals surface area contributed by atoms with Crippen molar-refractivity contribution in [2.24, 2.45) is 0 Å². The number of carbonyl (C=O) groups is 2. The van der Waals surface area contributed by atoms with E-state index < -0.39 is 37.9 Å². The van der Waals surface area contributed by atoms with Crippen LogP contribution < -0.4 is 5.32 Å². The third-order valence-corrected chi connectivity index (χ3v) is 4.57. The van der Waals surface area contributed by atoms with Crippen LogP contribution in [0.1, 0.15) is 51.3 Å². The number of carboxylic acid groups (broad SMARTS) is 1. The van der Waals surface area contributed by atoms with Crippen molar-refractivity contribution in [3.05, 3.63) is 35.4 Å². The van der Waals surface area contributed by atoms with Gasteiger partial charge in [0.25, 0.3) is 0 Å². The average Bonchev–Trinajstić information content (AvgIpc) is 2.57. The maximum atomic E-state index is 12.2. The second kappa shape index (κ2) is 10.5. The highest BCUT2D eigenvalue weighted by Crippen LogP contribution is 2.18. The van der Waals surface area contributed by atoms with Crippen molar-refractivity contribution >= 4 is 20.1 Å². The number of aliphatic carboxylic acids is 1. The SMILES string of the molecule is CC[C@@H](OC[C@H](NC(=O)OC(C)(C)C)c1ccc(C#C[Si](C)(C)C)cc1)C(=O)O. The summed E-state index contributed by atoms with van der Waals surface area (Å²) in [5, 5.41) is 12.0. The van der Waals surface area contributed by atoms with Crippen molar-refractivity contribution in [2.45, 2.75) is 71.5 Å². The first kappa shape index (κ1) is 24.7. The highest BCUT2D eigenvalue weighted by molar-refractivity contribution is 6.83. The number of nitrogens with one attached hydrogen (secondary N) is 1. The van der Waals surface area contributed by atoms with Crippen LogP contribution in [-0.2, 0) is 14.3 Å². The summed E-state index contributed by atoms with van der Waals surface area (Å²) in [6.45, 7) is 13.6. The Morgan fingerprint density at radius 2 is 1.76 bits per heavy atom. The van der Waals surface area contributed by atoms with Crippen molar-refractivity contribution in [3.63, 3.8) is 0 Å². The first-order valence-electron chi connectivity index (χ1n) is 9.78. The zero-order valence-electron chi connectivity index (χ0n) is 18.5. The van der Waals surface area contributed by atoms with E-state index in [9.17, 15) is 14.7 Å². The molecule has 0 fully saturated rings. The average molecular weight is 420 g/mol. The summed E-state index contributed by atoms with van der Waals surface area (Å²) < 4.78 is 10.9. The van der Waals surface area contributed by atoms with Crippen LogP contribution in [-0.4, -0.2) is 43.6 Å². The maximum Gasteiger partial charge on any atom is 0.408 e. The molecular weight excluding hydrogens is 386 g/mol. The van der Waals surface area contributed by atoms with Gasteiger partial charge in [0, 0.05) is 5.56 Å². The minimum atomic E-state index is -1.47. The van der Waals surface area contributed by atoms with Gasteiger partial charge in [0.2, 0.25) is 0 Å². The molecule has 0 aliphatic rings. The lowest BCUT2D eigenvalue weighted by atomic mass is 10.1. The molecule has 160 valence electrons. The van der Waals surface area contributed by atoms with E-state index in [4.69, 9.17) is 9.47 Å². The fourth-order valence-electron chi connectivity index (χ4n) is 2.31. The molecule has 6 nitrogen and oxygen atoms in total. The van der Waals surface area contributed by atoms with E-state index in [1.54, 1.807) is 27.7 Å². The lowest BCUT2D eigenvalue weighted by Gasteiger charge is -2.25. The number of rotatable bonds is 7. The van der Waals surface area contributed by atoms with E-state index in [1.165, 1.54) is 0 Å². The lowest BCUT2D eigenvalue weighted by Crippen LogP contribution is -2.38. The molecule has 0 aliphatic carbocycles. The monoisotopic (exact) mass is 419 g/mol. The fraction of sp³-hybridized carbons (Fsp3) is 0.545. The van der Waals surface area contributed by atoms with E-state index in [-0.39, 0.29) is 6.61 Å². The first-order valence-corrected chi connectivity index (χ1v) is 13.3. The van der Waals surface area contributed by atoms with Crippen LogP contribution in [0.25, 0.3) is 0 Å². The number of hydrogen-bond donors (Lipinski definition) is 2. The van der Waals surface area contributed by atoms with E-state index in [0.717, 1.165) is 11.1 Å². The number of benzene rings is 1. The van der Waals surface area contributed by atoms with E-state index in [1.807, 2.05) is 24.3 Å². The standard InChI is InChI=1S/C22H33NO5Si/c1-8-19(20(24)25)27-15-18(23-21(26)28-22(2,3)4)17-11-9-16(10-12-17)13-14-29(5,6)7/h9-12,18-19H,8,15H2,1-7H3,(H,23,26)(H,24,25)/t18-,19+/m0/s1. The van der Waals surface area contributed by atoms with E-state index in [0.29, 0.717) is 6.42 Å². The minimum Gasteiger partial charge on any atom is -0.479 e. The van der Waals surface area contributed by atoms with Crippen LogP contribution in [0.2, 0.25) is 19.6 Å². The Labute approximate surface area is 175 Å². The zero-order valence-corrected chi connectivity index (χ0v) is 19.5. The molecule has 0 radical (unpaired) electrons. The van der Waals surface area contributed by atoms with Crippen LogP contribution in [0.15, 0.2) is 24.3 Å². The normalized spacial score (nSPS) is 13.6. The van der Waals surface area contributed by atoms with Gasteiger partial charge in [0.05, 0.1) is 12.6 Å². The number of carbonyl (C=O) groups excluding carboxylic acids is 1. The number of alkyl carbamates (subject to hydrolysis) is 1. The van der Waals surface area contributed by atoms with Crippen molar-refractivity contribution in [3.8, 4) is 11.5 Å². The Morgan fingerprint density at radius 1 is 1.17 bits per heavy atom. The molecule has 1 aromatic carbocycles. The number of amides is 1. The summed E-state index contributed by atoms with van der Waals surface area (Å²) in [6.07, 6.45) is -1.18. The highest BCUT2D eigenvalue weighted by Gasteiger charge is 2.23. The Morgan fingerprint density at radius 3 is 2.21 bits per heavy atom. The van der Waals surface area contributed by atoms with Crippen molar-refractivity contribution in [1.29, 1.82) is 0 Å².